The Morgan fingerprint density at radius 1 is 1.14 bits per heavy atom. The molecule has 1 saturated carbocycles. The number of amides is 2. The van der Waals surface area contributed by atoms with E-state index >= 15 is 0 Å². The Bertz CT molecular complexity index is 557. The summed E-state index contributed by atoms with van der Waals surface area (Å²) in [5.41, 5.74) is -0.980. The number of halogens is 2. The largest absolute Gasteiger partial charge is 0.388 e. The molecule has 1 aliphatic carbocycles. The van der Waals surface area contributed by atoms with E-state index < -0.39 is 29.0 Å². The molecule has 3 N–H and O–H groups in total. The first-order chi connectivity index (χ1) is 9.89. The normalized spacial score (nSPS) is 16.5. The van der Waals surface area contributed by atoms with Crippen LogP contribution in [-0.4, -0.2) is 29.1 Å². The zero-order chi connectivity index (χ0) is 15.5. The summed E-state index contributed by atoms with van der Waals surface area (Å²) in [5, 5.41) is 14.5. The smallest absolute Gasteiger partial charge is 0.313 e. The molecular formula is C14H16F2N2O3. The van der Waals surface area contributed by atoms with Gasteiger partial charge in [-0.15, -0.1) is 0 Å². The molecule has 2 rings (SSSR count). The fourth-order valence-corrected chi connectivity index (χ4v) is 2.30. The number of aliphatic hydroxyl groups is 1. The van der Waals surface area contributed by atoms with Crippen molar-refractivity contribution in [1.82, 2.24) is 5.32 Å². The van der Waals surface area contributed by atoms with Crippen LogP contribution >= 0.6 is 0 Å². The highest BCUT2D eigenvalue weighted by molar-refractivity contribution is 6.39. The minimum Gasteiger partial charge on any atom is -0.388 e. The van der Waals surface area contributed by atoms with Crippen molar-refractivity contribution in [3.05, 3.63) is 29.8 Å². The molecule has 0 spiro atoms. The average molecular weight is 298 g/mol. The molecule has 0 saturated heterocycles. The Balaban J connectivity index is 1.87. The van der Waals surface area contributed by atoms with Crippen molar-refractivity contribution in [2.24, 2.45) is 0 Å². The van der Waals surface area contributed by atoms with Gasteiger partial charge in [-0.3, -0.25) is 9.59 Å². The van der Waals surface area contributed by atoms with Gasteiger partial charge in [-0.25, -0.2) is 8.78 Å². The van der Waals surface area contributed by atoms with E-state index in [1.165, 1.54) is 0 Å². The minimum atomic E-state index is -1.12. The molecule has 0 atom stereocenters. The van der Waals surface area contributed by atoms with E-state index in [2.05, 4.69) is 10.6 Å². The summed E-state index contributed by atoms with van der Waals surface area (Å²) in [7, 11) is 0. The molecule has 2 amide bonds. The van der Waals surface area contributed by atoms with Crippen LogP contribution in [0.2, 0.25) is 0 Å². The van der Waals surface area contributed by atoms with E-state index in [0.717, 1.165) is 31.0 Å². The first kappa shape index (κ1) is 15.4. The highest BCUT2D eigenvalue weighted by atomic mass is 19.2. The Labute approximate surface area is 120 Å². The third-order valence-corrected chi connectivity index (χ3v) is 3.50. The second-order valence-corrected chi connectivity index (χ2v) is 5.20. The van der Waals surface area contributed by atoms with E-state index in [9.17, 15) is 23.5 Å². The molecule has 0 bridgehead atoms. The number of nitrogens with one attached hydrogen (secondary N) is 2. The average Bonchev–Trinajstić information content (AvgIpc) is 2.87. The Morgan fingerprint density at radius 3 is 2.43 bits per heavy atom. The first-order valence-electron chi connectivity index (χ1n) is 6.66. The van der Waals surface area contributed by atoms with Crippen molar-refractivity contribution in [3.8, 4) is 0 Å². The van der Waals surface area contributed by atoms with Crippen LogP contribution in [0.1, 0.15) is 25.7 Å². The van der Waals surface area contributed by atoms with E-state index in [1.54, 1.807) is 0 Å². The zero-order valence-corrected chi connectivity index (χ0v) is 11.3. The molecular weight excluding hydrogens is 282 g/mol. The lowest BCUT2D eigenvalue weighted by Crippen LogP contribution is -2.44. The van der Waals surface area contributed by atoms with Gasteiger partial charge in [0.2, 0.25) is 0 Å². The summed E-state index contributed by atoms with van der Waals surface area (Å²) in [6.45, 7) is -0.00294. The van der Waals surface area contributed by atoms with Crippen molar-refractivity contribution < 1.29 is 23.5 Å². The Kier molecular flexibility index (Phi) is 4.52. The third kappa shape index (κ3) is 3.98. The van der Waals surface area contributed by atoms with Crippen LogP contribution < -0.4 is 10.6 Å². The molecule has 1 aromatic carbocycles. The van der Waals surface area contributed by atoms with Crippen molar-refractivity contribution in [2.45, 2.75) is 31.3 Å². The summed E-state index contributed by atoms with van der Waals surface area (Å²) in [5.74, 6) is -4.09. The van der Waals surface area contributed by atoms with Gasteiger partial charge in [0.15, 0.2) is 11.6 Å². The predicted molar refractivity (Wildman–Crippen MR) is 71.4 cm³/mol. The van der Waals surface area contributed by atoms with Gasteiger partial charge >= 0.3 is 11.8 Å². The molecule has 7 heteroatoms. The van der Waals surface area contributed by atoms with E-state index in [4.69, 9.17) is 0 Å². The van der Waals surface area contributed by atoms with Crippen molar-refractivity contribution in [1.29, 1.82) is 0 Å². The summed E-state index contributed by atoms with van der Waals surface area (Å²) >= 11 is 0. The van der Waals surface area contributed by atoms with E-state index in [-0.39, 0.29) is 12.2 Å². The molecule has 0 unspecified atom stereocenters. The Hall–Kier alpha value is -2.02. The van der Waals surface area contributed by atoms with Gasteiger partial charge in [-0.05, 0) is 25.0 Å². The van der Waals surface area contributed by atoms with Crippen LogP contribution in [0, 0.1) is 11.6 Å². The van der Waals surface area contributed by atoms with Crippen molar-refractivity contribution in [3.63, 3.8) is 0 Å². The van der Waals surface area contributed by atoms with Crippen LogP contribution in [0.4, 0.5) is 14.5 Å². The lowest BCUT2D eigenvalue weighted by Gasteiger charge is -2.22. The van der Waals surface area contributed by atoms with E-state index in [0.29, 0.717) is 12.8 Å². The van der Waals surface area contributed by atoms with Gasteiger partial charge in [0.05, 0.1) is 5.60 Å². The molecule has 0 aromatic heterocycles. The Morgan fingerprint density at radius 2 is 1.81 bits per heavy atom. The van der Waals surface area contributed by atoms with Gasteiger partial charge in [0, 0.05) is 18.3 Å². The lowest BCUT2D eigenvalue weighted by atomic mass is 10.0. The maximum absolute atomic E-state index is 13.0. The number of anilines is 1. The maximum Gasteiger partial charge on any atom is 0.313 e. The number of hydrogen-bond acceptors (Lipinski definition) is 3. The number of carbonyl (C=O) groups excluding carboxylic acids is 2. The molecule has 1 aromatic rings. The predicted octanol–water partition coefficient (Wildman–Crippen LogP) is 1.32. The molecule has 5 nitrogen and oxygen atoms in total. The molecule has 1 aliphatic rings. The van der Waals surface area contributed by atoms with Gasteiger partial charge in [0.1, 0.15) is 0 Å². The topological polar surface area (TPSA) is 78.4 Å². The third-order valence-electron chi connectivity index (χ3n) is 3.50. The van der Waals surface area contributed by atoms with Crippen LogP contribution in [0.25, 0.3) is 0 Å². The van der Waals surface area contributed by atoms with E-state index in [1.807, 2.05) is 0 Å². The zero-order valence-electron chi connectivity index (χ0n) is 11.3. The fraction of sp³-hybridized carbons (Fsp3) is 0.429. The SMILES string of the molecule is O=C(NCC1(O)CCCC1)C(=O)Nc1ccc(F)c(F)c1. The summed E-state index contributed by atoms with van der Waals surface area (Å²) in [4.78, 5) is 23.2. The first-order valence-corrected chi connectivity index (χ1v) is 6.66. The lowest BCUT2D eigenvalue weighted by molar-refractivity contribution is -0.136. The molecule has 21 heavy (non-hydrogen) atoms. The van der Waals surface area contributed by atoms with Gasteiger partial charge in [-0.1, -0.05) is 12.8 Å². The quantitative estimate of drug-likeness (QED) is 0.737. The number of benzene rings is 1. The fourth-order valence-electron chi connectivity index (χ4n) is 2.30. The molecule has 0 radical (unpaired) electrons. The summed E-state index contributed by atoms with van der Waals surface area (Å²) in [6, 6.07) is 2.78. The monoisotopic (exact) mass is 298 g/mol. The van der Waals surface area contributed by atoms with Crippen molar-refractivity contribution in [2.75, 3.05) is 11.9 Å². The number of hydrogen-bond donors (Lipinski definition) is 3. The number of rotatable bonds is 3. The van der Waals surface area contributed by atoms with Gasteiger partial charge < -0.3 is 15.7 Å². The maximum atomic E-state index is 13.0. The van der Waals surface area contributed by atoms with Gasteiger partial charge in [0.25, 0.3) is 0 Å². The highest BCUT2D eigenvalue weighted by Gasteiger charge is 2.32. The van der Waals surface area contributed by atoms with Crippen LogP contribution in [0.5, 0.6) is 0 Å². The van der Waals surface area contributed by atoms with Crippen LogP contribution in [0.15, 0.2) is 18.2 Å². The highest BCUT2D eigenvalue weighted by Crippen LogP contribution is 2.28. The van der Waals surface area contributed by atoms with Crippen LogP contribution in [-0.2, 0) is 9.59 Å². The van der Waals surface area contributed by atoms with Crippen LogP contribution in [0.3, 0.4) is 0 Å². The van der Waals surface area contributed by atoms with Crippen molar-refractivity contribution >= 4 is 17.5 Å². The minimum absolute atomic E-state index is 0.00294. The van der Waals surface area contributed by atoms with Gasteiger partial charge in [-0.2, -0.15) is 0 Å². The molecule has 0 aliphatic heterocycles. The number of carbonyl (C=O) groups is 2. The summed E-state index contributed by atoms with van der Waals surface area (Å²) < 4.78 is 25.7. The second-order valence-electron chi connectivity index (χ2n) is 5.20. The molecule has 0 heterocycles. The molecule has 1 fully saturated rings. The summed E-state index contributed by atoms with van der Waals surface area (Å²) in [6.07, 6.45) is 2.93. The molecule has 114 valence electrons. The second kappa shape index (κ2) is 6.17. The standard InChI is InChI=1S/C14H16F2N2O3/c15-10-4-3-9(7-11(10)16)18-13(20)12(19)17-8-14(21)5-1-2-6-14/h3-4,7,21H,1-2,5-6,8H2,(H,17,19)(H,18,20).